The fourth-order valence-corrected chi connectivity index (χ4v) is 4.32. The minimum Gasteiger partial charge on any atom is -0.373 e. The molecule has 0 aliphatic carbocycles. The van der Waals surface area contributed by atoms with Gasteiger partial charge in [-0.2, -0.15) is 4.31 Å². The van der Waals surface area contributed by atoms with Crippen LogP contribution in [0, 0.1) is 0 Å². The first kappa shape index (κ1) is 18.9. The Hall–Kier alpha value is -1.44. The van der Waals surface area contributed by atoms with E-state index in [2.05, 4.69) is 5.32 Å². The Kier molecular flexibility index (Phi) is 5.37. The van der Waals surface area contributed by atoms with Crippen molar-refractivity contribution in [1.29, 1.82) is 0 Å². The number of rotatable bonds is 3. The van der Waals surface area contributed by atoms with Crippen LogP contribution in [0.3, 0.4) is 0 Å². The molecule has 1 aromatic carbocycles. The van der Waals surface area contributed by atoms with E-state index in [1.165, 1.54) is 16.4 Å². The van der Waals surface area contributed by atoms with Crippen LogP contribution < -0.4 is 5.32 Å². The Morgan fingerprint density at radius 1 is 1.21 bits per heavy atom. The van der Waals surface area contributed by atoms with Crippen molar-refractivity contribution in [3.05, 3.63) is 29.8 Å². The van der Waals surface area contributed by atoms with Gasteiger partial charge in [-0.05, 0) is 52.8 Å². The van der Waals surface area contributed by atoms with Crippen LogP contribution in [0.15, 0.2) is 29.2 Å². The number of carbonyl (C=O) groups excluding carboxylic acids is 1. The van der Waals surface area contributed by atoms with Crippen molar-refractivity contribution in [2.75, 3.05) is 13.1 Å². The zero-order valence-corrected chi connectivity index (χ0v) is 15.7. The summed E-state index contributed by atoms with van der Waals surface area (Å²) in [4.78, 5) is 12.4. The minimum absolute atomic E-state index is 0.130. The molecule has 2 rings (SSSR count). The number of hydrogen-bond donors (Lipinski definition) is 1. The van der Waals surface area contributed by atoms with Gasteiger partial charge < -0.3 is 10.1 Å². The predicted octanol–water partition coefficient (Wildman–Crippen LogP) is 2.01. The first-order chi connectivity index (χ1) is 11.0. The van der Waals surface area contributed by atoms with Crippen LogP contribution in [-0.4, -0.2) is 49.5 Å². The van der Waals surface area contributed by atoms with Crippen LogP contribution in [-0.2, 0) is 14.8 Å². The fraction of sp³-hybridized carbons (Fsp3) is 0.588. The molecule has 1 saturated heterocycles. The highest BCUT2D eigenvalue weighted by atomic mass is 32.2. The average Bonchev–Trinajstić information content (AvgIpc) is 2.44. The Bertz CT molecular complexity index is 700. The summed E-state index contributed by atoms with van der Waals surface area (Å²) in [7, 11) is -3.65. The van der Waals surface area contributed by atoms with Crippen LogP contribution >= 0.6 is 0 Å². The van der Waals surface area contributed by atoms with Crippen LogP contribution in [0.5, 0.6) is 0 Å². The summed E-state index contributed by atoms with van der Waals surface area (Å²) in [6, 6.07) is 6.16. The van der Waals surface area contributed by atoms with E-state index in [4.69, 9.17) is 4.74 Å². The van der Waals surface area contributed by atoms with Gasteiger partial charge >= 0.3 is 0 Å². The SMILES string of the molecule is CC1CN(S(=O)(=O)c2cccc(C(=O)NC(C)(C)C)c2)CC(C)O1. The van der Waals surface area contributed by atoms with E-state index in [-0.39, 0.29) is 28.5 Å². The number of morpholine rings is 1. The fourth-order valence-electron chi connectivity index (χ4n) is 2.69. The highest BCUT2D eigenvalue weighted by Gasteiger charge is 2.32. The molecule has 1 fully saturated rings. The maximum absolute atomic E-state index is 12.9. The molecule has 0 radical (unpaired) electrons. The lowest BCUT2D eigenvalue weighted by atomic mass is 10.1. The lowest BCUT2D eigenvalue weighted by molar-refractivity contribution is -0.0440. The number of benzene rings is 1. The first-order valence-corrected chi connectivity index (χ1v) is 9.51. The van der Waals surface area contributed by atoms with Crippen LogP contribution in [0.25, 0.3) is 0 Å². The van der Waals surface area contributed by atoms with Gasteiger partial charge in [-0.1, -0.05) is 6.07 Å². The molecule has 0 saturated carbocycles. The zero-order valence-electron chi connectivity index (χ0n) is 14.9. The maximum Gasteiger partial charge on any atom is 0.251 e. The van der Waals surface area contributed by atoms with Crippen molar-refractivity contribution in [3.8, 4) is 0 Å². The van der Waals surface area contributed by atoms with E-state index in [0.29, 0.717) is 18.7 Å². The van der Waals surface area contributed by atoms with Crippen molar-refractivity contribution >= 4 is 15.9 Å². The molecular formula is C17H26N2O4S. The van der Waals surface area contributed by atoms with Gasteiger partial charge in [0.1, 0.15) is 0 Å². The van der Waals surface area contributed by atoms with Gasteiger partial charge in [0.25, 0.3) is 5.91 Å². The Labute approximate surface area is 144 Å². The molecule has 0 spiro atoms. The van der Waals surface area contributed by atoms with Crippen LogP contribution in [0.1, 0.15) is 45.0 Å². The number of amides is 1. The summed E-state index contributed by atoms with van der Waals surface area (Å²) in [5.41, 5.74) is -0.0542. The zero-order chi connectivity index (χ0) is 18.1. The standard InChI is InChI=1S/C17H26N2O4S/c1-12-10-19(11-13(2)23-12)24(21,22)15-8-6-7-14(9-15)16(20)18-17(3,4)5/h6-9,12-13H,10-11H2,1-5H3,(H,18,20). The number of sulfonamides is 1. The smallest absolute Gasteiger partial charge is 0.251 e. The van der Waals surface area contributed by atoms with Gasteiger partial charge in [0.2, 0.25) is 10.0 Å². The second-order valence-corrected chi connectivity index (χ2v) is 9.25. The van der Waals surface area contributed by atoms with Crippen LogP contribution in [0.2, 0.25) is 0 Å². The highest BCUT2D eigenvalue weighted by molar-refractivity contribution is 7.89. The molecule has 1 aliphatic heterocycles. The molecule has 1 N–H and O–H groups in total. The van der Waals surface area contributed by atoms with E-state index in [1.54, 1.807) is 12.1 Å². The minimum atomic E-state index is -3.65. The molecule has 1 amide bonds. The Morgan fingerprint density at radius 3 is 2.33 bits per heavy atom. The van der Waals surface area contributed by atoms with E-state index < -0.39 is 10.0 Å². The molecule has 1 aromatic rings. The van der Waals surface area contributed by atoms with Gasteiger partial charge in [0, 0.05) is 24.2 Å². The Balaban J connectivity index is 2.28. The quantitative estimate of drug-likeness (QED) is 0.901. The third-order valence-corrected chi connectivity index (χ3v) is 5.44. The van der Waals surface area contributed by atoms with E-state index in [0.717, 1.165) is 0 Å². The summed E-state index contributed by atoms with van der Waals surface area (Å²) in [5, 5.41) is 2.84. The number of ether oxygens (including phenoxy) is 1. The van der Waals surface area contributed by atoms with Gasteiger partial charge in [-0.3, -0.25) is 4.79 Å². The first-order valence-electron chi connectivity index (χ1n) is 8.07. The lowest BCUT2D eigenvalue weighted by Crippen LogP contribution is -2.48. The molecule has 134 valence electrons. The molecule has 1 aliphatic rings. The number of nitrogens with zero attached hydrogens (tertiary/aromatic N) is 1. The van der Waals surface area contributed by atoms with E-state index in [9.17, 15) is 13.2 Å². The van der Waals surface area contributed by atoms with Gasteiger partial charge in [0.05, 0.1) is 17.1 Å². The van der Waals surface area contributed by atoms with Crippen LogP contribution in [0.4, 0.5) is 0 Å². The molecule has 7 heteroatoms. The number of hydrogen-bond acceptors (Lipinski definition) is 4. The second kappa shape index (κ2) is 6.82. The summed E-state index contributed by atoms with van der Waals surface area (Å²) in [6.45, 7) is 9.96. The summed E-state index contributed by atoms with van der Waals surface area (Å²) in [6.07, 6.45) is -0.313. The second-order valence-electron chi connectivity index (χ2n) is 7.31. The predicted molar refractivity (Wildman–Crippen MR) is 92.4 cm³/mol. The molecule has 6 nitrogen and oxygen atoms in total. The molecule has 24 heavy (non-hydrogen) atoms. The Morgan fingerprint density at radius 2 is 1.79 bits per heavy atom. The van der Waals surface area contributed by atoms with Gasteiger partial charge in [-0.15, -0.1) is 0 Å². The third-order valence-electron chi connectivity index (χ3n) is 3.61. The van der Waals surface area contributed by atoms with Crippen molar-refractivity contribution in [2.45, 2.75) is 57.3 Å². The number of nitrogens with one attached hydrogen (secondary N) is 1. The molecule has 0 aromatic heterocycles. The topological polar surface area (TPSA) is 75.7 Å². The van der Waals surface area contributed by atoms with E-state index >= 15 is 0 Å². The molecular weight excluding hydrogens is 328 g/mol. The van der Waals surface area contributed by atoms with E-state index in [1.807, 2.05) is 34.6 Å². The maximum atomic E-state index is 12.9. The van der Waals surface area contributed by atoms with Crippen molar-refractivity contribution in [1.82, 2.24) is 9.62 Å². The lowest BCUT2D eigenvalue weighted by Gasteiger charge is -2.34. The van der Waals surface area contributed by atoms with Gasteiger partial charge in [-0.25, -0.2) is 8.42 Å². The van der Waals surface area contributed by atoms with Crippen molar-refractivity contribution in [2.24, 2.45) is 0 Å². The normalized spacial score (nSPS) is 23.0. The third kappa shape index (κ3) is 4.55. The molecule has 2 atom stereocenters. The largest absolute Gasteiger partial charge is 0.373 e. The molecule has 1 heterocycles. The summed E-state index contributed by atoms with van der Waals surface area (Å²) in [5.74, 6) is -0.289. The molecule has 0 bridgehead atoms. The van der Waals surface area contributed by atoms with Gasteiger partial charge in [0.15, 0.2) is 0 Å². The van der Waals surface area contributed by atoms with Crippen molar-refractivity contribution in [3.63, 3.8) is 0 Å². The highest BCUT2D eigenvalue weighted by Crippen LogP contribution is 2.22. The molecule has 2 unspecified atom stereocenters. The monoisotopic (exact) mass is 354 g/mol. The summed E-state index contributed by atoms with van der Waals surface area (Å²) >= 11 is 0. The van der Waals surface area contributed by atoms with Crippen molar-refractivity contribution < 1.29 is 17.9 Å². The average molecular weight is 354 g/mol. The summed E-state index contributed by atoms with van der Waals surface area (Å²) < 4.78 is 32.8. The number of carbonyl (C=O) groups is 1.